The van der Waals surface area contributed by atoms with E-state index in [4.69, 9.17) is 0 Å². The van der Waals surface area contributed by atoms with Crippen LogP contribution in [0.1, 0.15) is 52.4 Å². The highest BCUT2D eigenvalue weighted by molar-refractivity contribution is 6.82. The Balaban J connectivity index is 2.62. The van der Waals surface area contributed by atoms with E-state index in [-0.39, 0.29) is 0 Å². The molecular formula is C18H27Si. The van der Waals surface area contributed by atoms with E-state index in [0.717, 1.165) is 0 Å². The molecule has 103 valence electrons. The van der Waals surface area contributed by atoms with Gasteiger partial charge in [0.05, 0.1) is 0 Å². The zero-order valence-corrected chi connectivity index (χ0v) is 13.4. The first-order chi connectivity index (χ1) is 9.38. The van der Waals surface area contributed by atoms with Crippen LogP contribution in [0.4, 0.5) is 0 Å². The Morgan fingerprint density at radius 3 is 1.84 bits per heavy atom. The molecule has 0 N–H and O–H groups in total. The minimum atomic E-state index is -0.644. The van der Waals surface area contributed by atoms with Crippen molar-refractivity contribution in [2.75, 3.05) is 0 Å². The zero-order valence-electron chi connectivity index (χ0n) is 12.4. The van der Waals surface area contributed by atoms with Crippen molar-refractivity contribution in [2.45, 2.75) is 52.4 Å². The van der Waals surface area contributed by atoms with E-state index in [1.54, 1.807) is 0 Å². The highest BCUT2D eigenvalue weighted by Crippen LogP contribution is 2.01. The van der Waals surface area contributed by atoms with Gasteiger partial charge < -0.3 is 0 Å². The summed E-state index contributed by atoms with van der Waals surface area (Å²) in [4.78, 5) is 0. The molecule has 1 rings (SSSR count). The molecule has 0 aliphatic carbocycles. The maximum Gasteiger partial charge on any atom is 0.138 e. The molecule has 1 aromatic rings. The third-order valence-corrected chi connectivity index (χ3v) is 5.34. The fourth-order valence-corrected chi connectivity index (χ4v) is 3.86. The Hall–Kier alpha value is -1.08. The molecule has 0 unspecified atom stereocenters. The third-order valence-electron chi connectivity index (χ3n) is 3.15. The largest absolute Gasteiger partial charge is 0.138 e. The van der Waals surface area contributed by atoms with Crippen molar-refractivity contribution in [1.29, 1.82) is 0 Å². The first kappa shape index (κ1) is 16.0. The van der Waals surface area contributed by atoms with E-state index in [9.17, 15) is 0 Å². The number of unbranched alkanes of at least 4 members (excludes halogenated alkanes) is 4. The summed E-state index contributed by atoms with van der Waals surface area (Å²) in [7, 11) is -0.644. The fourth-order valence-electron chi connectivity index (χ4n) is 1.94. The molecule has 0 aliphatic heterocycles. The van der Waals surface area contributed by atoms with Gasteiger partial charge in [0.15, 0.2) is 0 Å². The van der Waals surface area contributed by atoms with Crippen molar-refractivity contribution >= 4 is 14.0 Å². The van der Waals surface area contributed by atoms with Crippen LogP contribution in [0.5, 0.6) is 0 Å². The van der Waals surface area contributed by atoms with Crippen molar-refractivity contribution in [2.24, 2.45) is 0 Å². The lowest BCUT2D eigenvalue weighted by atomic mass is 10.2. The van der Waals surface area contributed by atoms with Gasteiger partial charge in [0.1, 0.15) is 8.80 Å². The van der Waals surface area contributed by atoms with E-state index in [0.29, 0.717) is 0 Å². The van der Waals surface area contributed by atoms with Crippen LogP contribution in [-0.2, 0) is 0 Å². The maximum atomic E-state index is 2.46. The number of hydrogen-bond donors (Lipinski definition) is 0. The van der Waals surface area contributed by atoms with Gasteiger partial charge in [0.25, 0.3) is 0 Å². The molecule has 0 aromatic heterocycles. The van der Waals surface area contributed by atoms with Crippen LogP contribution in [-0.4, -0.2) is 8.80 Å². The van der Waals surface area contributed by atoms with Gasteiger partial charge in [0.2, 0.25) is 0 Å². The number of allylic oxidation sites excluding steroid dienone is 2. The molecule has 0 aliphatic rings. The predicted octanol–water partition coefficient (Wildman–Crippen LogP) is 4.96. The highest BCUT2D eigenvalue weighted by Gasteiger charge is 2.05. The SMILES string of the molecule is CCCC/C=C/[Si](/C=C/CCCC)c1ccccc1. The first-order valence-corrected chi connectivity index (χ1v) is 9.29. The predicted molar refractivity (Wildman–Crippen MR) is 89.2 cm³/mol. The smallest absolute Gasteiger partial charge is 0.0919 e. The van der Waals surface area contributed by atoms with E-state index >= 15 is 0 Å². The molecular weight excluding hydrogens is 244 g/mol. The van der Waals surface area contributed by atoms with Gasteiger partial charge in [0, 0.05) is 0 Å². The van der Waals surface area contributed by atoms with Gasteiger partial charge in [-0.25, -0.2) is 0 Å². The number of benzene rings is 1. The number of hydrogen-bond acceptors (Lipinski definition) is 0. The summed E-state index contributed by atoms with van der Waals surface area (Å²) in [6.07, 6.45) is 12.4. The van der Waals surface area contributed by atoms with Crippen LogP contribution < -0.4 is 5.19 Å². The molecule has 0 spiro atoms. The van der Waals surface area contributed by atoms with Crippen LogP contribution in [0, 0.1) is 0 Å². The van der Waals surface area contributed by atoms with Gasteiger partial charge in [-0.1, -0.05) is 98.6 Å². The summed E-state index contributed by atoms with van der Waals surface area (Å²) in [6, 6.07) is 10.9. The lowest BCUT2D eigenvalue weighted by Gasteiger charge is -2.06. The van der Waals surface area contributed by atoms with Crippen molar-refractivity contribution < 1.29 is 0 Å². The lowest BCUT2D eigenvalue weighted by Crippen LogP contribution is -2.25. The Morgan fingerprint density at radius 1 is 0.842 bits per heavy atom. The van der Waals surface area contributed by atoms with Crippen LogP contribution >= 0.6 is 0 Å². The van der Waals surface area contributed by atoms with Crippen molar-refractivity contribution in [3.8, 4) is 0 Å². The molecule has 0 atom stereocenters. The summed E-state index contributed by atoms with van der Waals surface area (Å²) in [5.74, 6) is 0. The molecule has 19 heavy (non-hydrogen) atoms. The molecule has 0 nitrogen and oxygen atoms in total. The van der Waals surface area contributed by atoms with Crippen LogP contribution in [0.3, 0.4) is 0 Å². The normalized spacial score (nSPS) is 11.9. The topological polar surface area (TPSA) is 0 Å². The van der Waals surface area contributed by atoms with E-state index < -0.39 is 8.80 Å². The average molecular weight is 271 g/mol. The molecule has 0 saturated carbocycles. The molecule has 0 bridgehead atoms. The van der Waals surface area contributed by atoms with Gasteiger partial charge in [-0.2, -0.15) is 0 Å². The van der Waals surface area contributed by atoms with Crippen molar-refractivity contribution in [3.05, 3.63) is 53.9 Å². The van der Waals surface area contributed by atoms with E-state index in [1.165, 1.54) is 43.7 Å². The van der Waals surface area contributed by atoms with Gasteiger partial charge in [-0.3, -0.25) is 0 Å². The molecule has 1 heteroatoms. The quantitative estimate of drug-likeness (QED) is 0.440. The van der Waals surface area contributed by atoms with Gasteiger partial charge >= 0.3 is 0 Å². The fraction of sp³-hybridized carbons (Fsp3) is 0.444. The Morgan fingerprint density at radius 2 is 1.37 bits per heavy atom. The summed E-state index contributed by atoms with van der Waals surface area (Å²) in [5, 5.41) is 1.49. The number of rotatable bonds is 9. The lowest BCUT2D eigenvalue weighted by molar-refractivity contribution is 0.815. The summed E-state index contributed by atoms with van der Waals surface area (Å²) in [5.41, 5.74) is 4.91. The minimum Gasteiger partial charge on any atom is -0.0919 e. The second kappa shape index (κ2) is 10.8. The molecule has 0 saturated heterocycles. The third kappa shape index (κ3) is 7.17. The van der Waals surface area contributed by atoms with Crippen LogP contribution in [0.15, 0.2) is 53.9 Å². The minimum absolute atomic E-state index is 0.644. The second-order valence-electron chi connectivity index (χ2n) is 4.91. The van der Waals surface area contributed by atoms with E-state index in [2.05, 4.69) is 67.7 Å². The summed E-state index contributed by atoms with van der Waals surface area (Å²) >= 11 is 0. The average Bonchev–Trinajstić information content (AvgIpc) is 2.46. The molecule has 0 amide bonds. The first-order valence-electron chi connectivity index (χ1n) is 7.64. The second-order valence-corrected chi connectivity index (χ2v) is 7.07. The van der Waals surface area contributed by atoms with Crippen LogP contribution in [0.25, 0.3) is 0 Å². The van der Waals surface area contributed by atoms with Gasteiger partial charge in [-0.15, -0.1) is 0 Å². The van der Waals surface area contributed by atoms with Crippen molar-refractivity contribution in [1.82, 2.24) is 0 Å². The van der Waals surface area contributed by atoms with Gasteiger partial charge in [-0.05, 0) is 12.8 Å². The Labute approximate surface area is 120 Å². The molecule has 0 fully saturated rings. The molecule has 1 aromatic carbocycles. The standard InChI is InChI=1S/C18H27Si/c1-3-5-7-12-16-19(17-13-8-6-4-2)18-14-10-9-11-15-18/h9-17H,3-8H2,1-2H3/b16-12+,17-13+. The summed E-state index contributed by atoms with van der Waals surface area (Å²) < 4.78 is 0. The zero-order chi connectivity index (χ0) is 13.8. The maximum absolute atomic E-state index is 2.46. The summed E-state index contributed by atoms with van der Waals surface area (Å²) in [6.45, 7) is 4.50. The monoisotopic (exact) mass is 271 g/mol. The van der Waals surface area contributed by atoms with Crippen LogP contribution in [0.2, 0.25) is 0 Å². The highest BCUT2D eigenvalue weighted by atomic mass is 28.3. The Bertz CT molecular complexity index is 347. The molecule has 0 heterocycles. The molecule has 1 radical (unpaired) electrons. The Kier molecular flexibility index (Phi) is 9.08. The van der Waals surface area contributed by atoms with E-state index in [1.807, 2.05) is 0 Å². The van der Waals surface area contributed by atoms with Crippen molar-refractivity contribution in [3.63, 3.8) is 0 Å².